The maximum Gasteiger partial charge on any atom is 0.0602 e. The van der Waals surface area contributed by atoms with Crippen molar-refractivity contribution in [1.29, 1.82) is 0 Å². The van der Waals surface area contributed by atoms with Crippen molar-refractivity contribution in [2.24, 2.45) is 0 Å². The van der Waals surface area contributed by atoms with Crippen molar-refractivity contribution in [1.82, 2.24) is 25.2 Å². The van der Waals surface area contributed by atoms with Gasteiger partial charge in [-0.05, 0) is 25.1 Å². The predicted molar refractivity (Wildman–Crippen MR) is 97.4 cm³/mol. The van der Waals surface area contributed by atoms with Gasteiger partial charge >= 0.3 is 0 Å². The Labute approximate surface area is 149 Å². The molecule has 1 aromatic rings. The highest BCUT2D eigenvalue weighted by Gasteiger charge is 2.28. The van der Waals surface area contributed by atoms with E-state index in [4.69, 9.17) is 4.74 Å². The zero-order chi connectivity index (χ0) is 17.1. The molecule has 0 atom stereocenters. The molecular weight excluding hydrogens is 314 g/mol. The number of morpholine rings is 1. The molecule has 2 saturated heterocycles. The topological polar surface area (TPSA) is 43.9 Å². The third-order valence-corrected chi connectivity index (χ3v) is 5.25. The van der Waals surface area contributed by atoms with Crippen molar-refractivity contribution < 1.29 is 4.74 Å². The first-order valence-corrected chi connectivity index (χ1v) is 9.16. The highest BCUT2D eigenvalue weighted by atomic mass is 16.5. The van der Waals surface area contributed by atoms with Crippen LogP contribution in [0.2, 0.25) is 0 Å². The van der Waals surface area contributed by atoms with E-state index in [0.29, 0.717) is 0 Å². The van der Waals surface area contributed by atoms with E-state index in [-0.39, 0.29) is 0 Å². The van der Waals surface area contributed by atoms with Gasteiger partial charge in [-0.2, -0.15) is 0 Å². The summed E-state index contributed by atoms with van der Waals surface area (Å²) in [5.41, 5.74) is 8.78. The number of hydrogen-bond acceptors (Lipinski definition) is 6. The van der Waals surface area contributed by atoms with Crippen LogP contribution in [0, 0.1) is 0 Å². The average Bonchev–Trinajstić information content (AvgIpc) is 3.08. The summed E-state index contributed by atoms with van der Waals surface area (Å²) >= 11 is 0. The van der Waals surface area contributed by atoms with Crippen LogP contribution in [0.1, 0.15) is 12.6 Å². The zero-order valence-corrected chi connectivity index (χ0v) is 14.9. The first kappa shape index (κ1) is 16.6. The predicted octanol–water partition coefficient (Wildman–Crippen LogP) is 1.21. The molecule has 0 aliphatic carbocycles. The number of allylic oxidation sites excluding steroid dienone is 1. The molecule has 0 radical (unpaired) electrons. The minimum Gasteiger partial charge on any atom is -0.379 e. The number of hydrogen-bond donors (Lipinski definition) is 1. The fourth-order valence-corrected chi connectivity index (χ4v) is 3.65. The largest absolute Gasteiger partial charge is 0.379 e. The van der Waals surface area contributed by atoms with Gasteiger partial charge in [-0.1, -0.05) is 6.07 Å². The Morgan fingerprint density at radius 3 is 2.88 bits per heavy atom. The first-order valence-electron chi connectivity index (χ1n) is 9.16. The molecule has 4 rings (SSSR count). The summed E-state index contributed by atoms with van der Waals surface area (Å²) in [6.45, 7) is 11.0. The summed E-state index contributed by atoms with van der Waals surface area (Å²) in [5, 5.41) is 2.34. The monoisotopic (exact) mass is 341 g/mol. The lowest BCUT2D eigenvalue weighted by Crippen LogP contribution is -2.43. The fraction of sp³-hybridized carbons (Fsp3) is 0.526. The Hall–Kier alpha value is -1.89. The van der Waals surface area contributed by atoms with Gasteiger partial charge in [0, 0.05) is 56.7 Å². The Morgan fingerprint density at radius 2 is 2.08 bits per heavy atom. The van der Waals surface area contributed by atoms with Crippen LogP contribution < -0.4 is 5.43 Å². The number of nitrogens with one attached hydrogen (secondary N) is 1. The van der Waals surface area contributed by atoms with E-state index >= 15 is 0 Å². The SMILES string of the molecule is CC1=C2CN(CCN3CCOCC3)NC2=CCN1Cc1ccccn1. The van der Waals surface area contributed by atoms with Crippen LogP contribution in [0.5, 0.6) is 0 Å². The summed E-state index contributed by atoms with van der Waals surface area (Å²) in [6, 6.07) is 6.12. The molecular formula is C19H27N5O. The van der Waals surface area contributed by atoms with Gasteiger partial charge in [0.05, 0.1) is 31.1 Å². The Balaban J connectivity index is 1.36. The zero-order valence-electron chi connectivity index (χ0n) is 14.9. The van der Waals surface area contributed by atoms with Crippen LogP contribution in [-0.2, 0) is 11.3 Å². The number of pyridine rings is 1. The van der Waals surface area contributed by atoms with Gasteiger partial charge in [-0.25, -0.2) is 5.01 Å². The molecule has 1 aromatic heterocycles. The molecule has 0 aromatic carbocycles. The van der Waals surface area contributed by atoms with Crippen molar-refractivity contribution in [2.45, 2.75) is 13.5 Å². The second-order valence-corrected chi connectivity index (χ2v) is 6.87. The maximum absolute atomic E-state index is 5.43. The van der Waals surface area contributed by atoms with Gasteiger partial charge < -0.3 is 15.1 Å². The van der Waals surface area contributed by atoms with Crippen LogP contribution >= 0.6 is 0 Å². The van der Waals surface area contributed by atoms with E-state index in [1.165, 1.54) is 17.0 Å². The molecule has 4 heterocycles. The lowest BCUT2D eigenvalue weighted by Gasteiger charge is -2.28. The maximum atomic E-state index is 5.43. The highest BCUT2D eigenvalue weighted by molar-refractivity contribution is 5.40. The van der Waals surface area contributed by atoms with Crippen LogP contribution in [0.4, 0.5) is 0 Å². The van der Waals surface area contributed by atoms with Crippen molar-refractivity contribution in [3.63, 3.8) is 0 Å². The minimum atomic E-state index is 0.866. The second kappa shape index (κ2) is 7.56. The molecule has 6 heteroatoms. The molecule has 0 bridgehead atoms. The van der Waals surface area contributed by atoms with E-state index in [1.54, 1.807) is 0 Å². The van der Waals surface area contributed by atoms with Gasteiger partial charge in [0.25, 0.3) is 0 Å². The molecule has 25 heavy (non-hydrogen) atoms. The fourth-order valence-electron chi connectivity index (χ4n) is 3.65. The Bertz CT molecular complexity index is 651. The third-order valence-electron chi connectivity index (χ3n) is 5.25. The summed E-state index contributed by atoms with van der Waals surface area (Å²) in [5.74, 6) is 0. The summed E-state index contributed by atoms with van der Waals surface area (Å²) < 4.78 is 5.43. The number of hydrazine groups is 1. The van der Waals surface area contributed by atoms with Crippen molar-refractivity contribution in [3.8, 4) is 0 Å². The van der Waals surface area contributed by atoms with Crippen LogP contribution in [0.25, 0.3) is 0 Å². The molecule has 134 valence electrons. The smallest absolute Gasteiger partial charge is 0.0602 e. The number of rotatable bonds is 5. The lowest BCUT2D eigenvalue weighted by atomic mass is 10.1. The molecule has 0 unspecified atom stereocenters. The van der Waals surface area contributed by atoms with E-state index in [9.17, 15) is 0 Å². The summed E-state index contributed by atoms with van der Waals surface area (Å²) in [6.07, 6.45) is 4.17. The molecule has 0 saturated carbocycles. The molecule has 3 aliphatic heterocycles. The average molecular weight is 341 g/mol. The minimum absolute atomic E-state index is 0.866. The molecule has 0 spiro atoms. The third kappa shape index (κ3) is 3.86. The molecule has 0 amide bonds. The summed E-state index contributed by atoms with van der Waals surface area (Å²) in [7, 11) is 0. The summed E-state index contributed by atoms with van der Waals surface area (Å²) in [4.78, 5) is 9.36. The number of aromatic nitrogens is 1. The Morgan fingerprint density at radius 1 is 1.20 bits per heavy atom. The number of nitrogens with zero attached hydrogens (tertiary/aromatic N) is 4. The van der Waals surface area contributed by atoms with Crippen LogP contribution in [-0.4, -0.2) is 72.3 Å². The number of ether oxygens (including phenoxy) is 1. The van der Waals surface area contributed by atoms with Gasteiger partial charge in [0.2, 0.25) is 0 Å². The standard InChI is InChI=1S/C19H27N5O/c1-16-18-15-24(9-8-22-10-12-25-13-11-22)21-19(18)5-7-23(16)14-17-4-2-3-6-20-17/h2-6,21H,7-15H2,1H3. The quantitative estimate of drug-likeness (QED) is 0.868. The van der Waals surface area contributed by atoms with Gasteiger partial charge in [0.15, 0.2) is 0 Å². The molecule has 6 nitrogen and oxygen atoms in total. The van der Waals surface area contributed by atoms with E-state index in [1.807, 2.05) is 12.3 Å². The van der Waals surface area contributed by atoms with Crippen LogP contribution in [0.3, 0.4) is 0 Å². The van der Waals surface area contributed by atoms with Crippen LogP contribution in [0.15, 0.2) is 47.4 Å². The molecule has 3 aliphatic rings. The lowest BCUT2D eigenvalue weighted by molar-refractivity contribution is 0.0327. The normalized spacial score (nSPS) is 22.0. The van der Waals surface area contributed by atoms with E-state index in [0.717, 1.165) is 64.7 Å². The molecule has 1 N–H and O–H groups in total. The van der Waals surface area contributed by atoms with Gasteiger partial charge in [-0.3, -0.25) is 9.88 Å². The second-order valence-electron chi connectivity index (χ2n) is 6.87. The van der Waals surface area contributed by atoms with Crippen molar-refractivity contribution in [3.05, 3.63) is 53.1 Å². The first-order chi connectivity index (χ1) is 12.3. The Kier molecular flexibility index (Phi) is 5.01. The van der Waals surface area contributed by atoms with Crippen molar-refractivity contribution >= 4 is 0 Å². The van der Waals surface area contributed by atoms with Gasteiger partial charge in [-0.15, -0.1) is 0 Å². The van der Waals surface area contributed by atoms with Crippen molar-refractivity contribution in [2.75, 3.05) is 52.5 Å². The van der Waals surface area contributed by atoms with E-state index < -0.39 is 0 Å². The van der Waals surface area contributed by atoms with Gasteiger partial charge in [0.1, 0.15) is 0 Å². The highest BCUT2D eigenvalue weighted by Crippen LogP contribution is 2.27. The molecule has 2 fully saturated rings. The number of fused-ring (bicyclic) bond motifs is 1. The van der Waals surface area contributed by atoms with E-state index in [2.05, 4.69) is 50.4 Å².